The summed E-state index contributed by atoms with van der Waals surface area (Å²) in [7, 11) is 0. The second-order valence-electron chi connectivity index (χ2n) is 3.10. The van der Waals surface area contributed by atoms with Crippen molar-refractivity contribution < 1.29 is 9.18 Å². The van der Waals surface area contributed by atoms with Gasteiger partial charge in [0, 0.05) is 0 Å². The fraction of sp³-hybridized carbons (Fsp3) is 0.300. The number of halogens is 1. The zero-order valence-electron chi connectivity index (χ0n) is 8.58. The number of nitrogens with two attached hydrogens (primary N) is 1. The first kappa shape index (κ1) is 11.8. The van der Waals surface area contributed by atoms with Crippen molar-refractivity contribution in [1.29, 1.82) is 0 Å². The van der Waals surface area contributed by atoms with Crippen LogP contribution in [-0.4, -0.2) is 17.4 Å². The number of rotatable bonds is 3. The van der Waals surface area contributed by atoms with Crippen LogP contribution in [0.25, 0.3) is 0 Å². The molecule has 3 N–H and O–H groups in total. The first-order valence-electron chi connectivity index (χ1n) is 4.43. The van der Waals surface area contributed by atoms with Gasteiger partial charge in [-0.15, -0.1) is 0 Å². The number of thioether (sulfide) groups is 1. The minimum Gasteiger partial charge on any atom is -0.397 e. The Morgan fingerprint density at radius 3 is 2.80 bits per heavy atom. The normalized spacial score (nSPS) is 12.2. The first-order valence-corrected chi connectivity index (χ1v) is 5.72. The molecule has 1 rings (SSSR count). The second kappa shape index (κ2) is 5.02. The van der Waals surface area contributed by atoms with Crippen molar-refractivity contribution in [3.8, 4) is 0 Å². The average Bonchev–Trinajstić information content (AvgIpc) is 2.20. The summed E-state index contributed by atoms with van der Waals surface area (Å²) in [4.78, 5) is 11.5. The topological polar surface area (TPSA) is 55.1 Å². The van der Waals surface area contributed by atoms with E-state index in [0.717, 1.165) is 0 Å². The first-order chi connectivity index (χ1) is 7.04. The Bertz CT molecular complexity index is 370. The van der Waals surface area contributed by atoms with E-state index in [2.05, 4.69) is 5.32 Å². The molecule has 0 saturated carbocycles. The van der Waals surface area contributed by atoms with Crippen LogP contribution in [0, 0.1) is 5.82 Å². The summed E-state index contributed by atoms with van der Waals surface area (Å²) in [6.45, 7) is 1.79. The van der Waals surface area contributed by atoms with Crippen molar-refractivity contribution >= 4 is 29.0 Å². The highest BCUT2D eigenvalue weighted by Crippen LogP contribution is 2.20. The third-order valence-corrected chi connectivity index (χ3v) is 2.92. The molecule has 0 heterocycles. The number of hydrogen-bond donors (Lipinski definition) is 2. The lowest BCUT2D eigenvalue weighted by Crippen LogP contribution is -2.22. The molecule has 1 amide bonds. The molecule has 1 atom stereocenters. The molecule has 0 bridgehead atoms. The van der Waals surface area contributed by atoms with Crippen LogP contribution < -0.4 is 11.1 Å². The Kier molecular flexibility index (Phi) is 3.96. The van der Waals surface area contributed by atoms with Crippen LogP contribution in [0.2, 0.25) is 0 Å². The van der Waals surface area contributed by atoms with Gasteiger partial charge in [-0.25, -0.2) is 4.39 Å². The molecule has 0 aliphatic rings. The Labute approximate surface area is 92.2 Å². The van der Waals surface area contributed by atoms with E-state index in [-0.39, 0.29) is 16.8 Å². The van der Waals surface area contributed by atoms with Crippen molar-refractivity contribution in [2.75, 3.05) is 17.3 Å². The number of nitrogen functional groups attached to an aromatic ring is 1. The molecule has 15 heavy (non-hydrogen) atoms. The maximum atomic E-state index is 12.7. The molecule has 0 aliphatic heterocycles. The number of benzene rings is 1. The number of nitrogens with one attached hydrogen (secondary N) is 1. The largest absolute Gasteiger partial charge is 0.397 e. The lowest BCUT2D eigenvalue weighted by Gasteiger charge is -2.11. The molecule has 0 aromatic heterocycles. The predicted molar refractivity (Wildman–Crippen MR) is 62.4 cm³/mol. The Morgan fingerprint density at radius 1 is 1.60 bits per heavy atom. The standard InChI is InChI=1S/C10H13FN2OS/c1-6(15-2)10(14)13-9-4-3-7(11)5-8(9)12/h3-6H,12H2,1-2H3,(H,13,14). The van der Waals surface area contributed by atoms with Gasteiger partial charge in [0.1, 0.15) is 5.82 Å². The molecular formula is C10H13FN2OS. The van der Waals surface area contributed by atoms with E-state index < -0.39 is 5.82 Å². The summed E-state index contributed by atoms with van der Waals surface area (Å²) < 4.78 is 12.7. The average molecular weight is 228 g/mol. The fourth-order valence-electron chi connectivity index (χ4n) is 0.989. The molecule has 0 radical (unpaired) electrons. The smallest absolute Gasteiger partial charge is 0.237 e. The number of amides is 1. The Balaban J connectivity index is 2.77. The number of hydrogen-bond acceptors (Lipinski definition) is 3. The van der Waals surface area contributed by atoms with Gasteiger partial charge in [-0.05, 0) is 31.4 Å². The van der Waals surface area contributed by atoms with Crippen molar-refractivity contribution in [3.05, 3.63) is 24.0 Å². The summed E-state index contributed by atoms with van der Waals surface area (Å²) in [5, 5.41) is 2.48. The van der Waals surface area contributed by atoms with Gasteiger partial charge in [-0.2, -0.15) is 11.8 Å². The molecule has 0 saturated heterocycles. The predicted octanol–water partition coefficient (Wildman–Crippen LogP) is 2.10. The monoisotopic (exact) mass is 228 g/mol. The fourth-order valence-corrected chi connectivity index (χ4v) is 1.26. The van der Waals surface area contributed by atoms with Crippen LogP contribution in [0.5, 0.6) is 0 Å². The van der Waals surface area contributed by atoms with Crippen LogP contribution >= 0.6 is 11.8 Å². The van der Waals surface area contributed by atoms with Crippen molar-refractivity contribution in [3.63, 3.8) is 0 Å². The zero-order chi connectivity index (χ0) is 11.4. The number of anilines is 2. The molecule has 3 nitrogen and oxygen atoms in total. The molecule has 5 heteroatoms. The third kappa shape index (κ3) is 3.13. The number of carbonyl (C=O) groups is 1. The van der Waals surface area contributed by atoms with E-state index in [1.54, 1.807) is 6.92 Å². The van der Waals surface area contributed by atoms with E-state index in [9.17, 15) is 9.18 Å². The van der Waals surface area contributed by atoms with Crippen LogP contribution in [-0.2, 0) is 4.79 Å². The van der Waals surface area contributed by atoms with Crippen LogP contribution in [0.4, 0.5) is 15.8 Å². The van der Waals surface area contributed by atoms with Gasteiger partial charge in [-0.3, -0.25) is 4.79 Å². The molecule has 0 fully saturated rings. The van der Waals surface area contributed by atoms with Crippen molar-refractivity contribution in [2.45, 2.75) is 12.2 Å². The van der Waals surface area contributed by atoms with Crippen molar-refractivity contribution in [1.82, 2.24) is 0 Å². The lowest BCUT2D eigenvalue weighted by molar-refractivity contribution is -0.115. The van der Waals surface area contributed by atoms with E-state index in [1.165, 1.54) is 30.0 Å². The van der Waals surface area contributed by atoms with Gasteiger partial charge in [0.25, 0.3) is 0 Å². The molecule has 1 aromatic carbocycles. The minimum atomic E-state index is -0.414. The van der Waals surface area contributed by atoms with Gasteiger partial charge in [0.2, 0.25) is 5.91 Å². The lowest BCUT2D eigenvalue weighted by atomic mass is 10.2. The van der Waals surface area contributed by atoms with Crippen LogP contribution in [0.15, 0.2) is 18.2 Å². The van der Waals surface area contributed by atoms with E-state index in [4.69, 9.17) is 5.73 Å². The van der Waals surface area contributed by atoms with Crippen LogP contribution in [0.3, 0.4) is 0 Å². The van der Waals surface area contributed by atoms with E-state index in [1.807, 2.05) is 6.26 Å². The van der Waals surface area contributed by atoms with Crippen molar-refractivity contribution in [2.24, 2.45) is 0 Å². The minimum absolute atomic E-state index is 0.138. The van der Waals surface area contributed by atoms with Gasteiger partial charge in [0.15, 0.2) is 0 Å². The highest BCUT2D eigenvalue weighted by atomic mass is 32.2. The van der Waals surface area contributed by atoms with E-state index >= 15 is 0 Å². The Hall–Kier alpha value is -1.23. The SMILES string of the molecule is CSC(C)C(=O)Nc1ccc(F)cc1N. The maximum Gasteiger partial charge on any atom is 0.237 e. The highest BCUT2D eigenvalue weighted by molar-refractivity contribution is 7.99. The maximum absolute atomic E-state index is 12.7. The number of carbonyl (C=O) groups excluding carboxylic acids is 1. The molecule has 0 spiro atoms. The summed E-state index contributed by atoms with van der Waals surface area (Å²) >= 11 is 1.43. The molecular weight excluding hydrogens is 215 g/mol. The summed E-state index contributed by atoms with van der Waals surface area (Å²) in [6, 6.07) is 3.89. The van der Waals surface area contributed by atoms with Gasteiger partial charge in [0.05, 0.1) is 16.6 Å². The molecule has 1 aromatic rings. The van der Waals surface area contributed by atoms with Gasteiger partial charge < -0.3 is 11.1 Å². The quantitative estimate of drug-likeness (QED) is 0.779. The zero-order valence-corrected chi connectivity index (χ0v) is 9.40. The van der Waals surface area contributed by atoms with Gasteiger partial charge in [-0.1, -0.05) is 0 Å². The third-order valence-electron chi connectivity index (χ3n) is 1.99. The Morgan fingerprint density at radius 2 is 2.27 bits per heavy atom. The van der Waals surface area contributed by atoms with E-state index in [0.29, 0.717) is 5.69 Å². The van der Waals surface area contributed by atoms with Crippen LogP contribution in [0.1, 0.15) is 6.92 Å². The molecule has 82 valence electrons. The summed E-state index contributed by atoms with van der Waals surface area (Å²) in [5.41, 5.74) is 6.23. The highest BCUT2D eigenvalue weighted by Gasteiger charge is 2.12. The summed E-state index contributed by atoms with van der Waals surface area (Å²) in [5.74, 6) is -0.552. The second-order valence-corrected chi connectivity index (χ2v) is 4.28. The summed E-state index contributed by atoms with van der Waals surface area (Å²) in [6.07, 6.45) is 1.85. The molecule has 1 unspecified atom stereocenters. The molecule has 0 aliphatic carbocycles. The van der Waals surface area contributed by atoms with Gasteiger partial charge >= 0.3 is 0 Å².